The molecular weight excluding hydrogens is 387 g/mol. The minimum atomic E-state index is -0.835. The van der Waals surface area contributed by atoms with E-state index in [4.69, 9.17) is 19.9 Å². The molecule has 6 nitrogen and oxygen atoms in total. The SMILES string of the molecule is COC(OC)[C@H](C)N(CCc1cccc(F)c1)C(=O)[C@@H](N)COCc1ccccc1. The lowest BCUT2D eigenvalue weighted by Crippen LogP contribution is -2.54. The molecule has 0 unspecified atom stereocenters. The van der Waals surface area contributed by atoms with Crippen molar-refractivity contribution in [3.05, 3.63) is 71.5 Å². The first-order valence-corrected chi connectivity index (χ1v) is 9.94. The maximum Gasteiger partial charge on any atom is 0.242 e. The van der Waals surface area contributed by atoms with Crippen molar-refractivity contribution in [2.75, 3.05) is 27.4 Å². The average Bonchev–Trinajstić information content (AvgIpc) is 2.75. The van der Waals surface area contributed by atoms with Gasteiger partial charge in [-0.25, -0.2) is 4.39 Å². The van der Waals surface area contributed by atoms with E-state index in [0.717, 1.165) is 11.1 Å². The van der Waals surface area contributed by atoms with Crippen LogP contribution >= 0.6 is 0 Å². The highest BCUT2D eigenvalue weighted by Gasteiger charge is 2.30. The van der Waals surface area contributed by atoms with Crippen LogP contribution in [0, 0.1) is 5.82 Å². The summed E-state index contributed by atoms with van der Waals surface area (Å²) in [6, 6.07) is 14.8. The van der Waals surface area contributed by atoms with Gasteiger partial charge in [-0.05, 0) is 36.6 Å². The summed E-state index contributed by atoms with van der Waals surface area (Å²) in [6.07, 6.45) is -0.134. The van der Waals surface area contributed by atoms with E-state index >= 15 is 0 Å². The first-order chi connectivity index (χ1) is 14.5. The first kappa shape index (κ1) is 24.0. The van der Waals surface area contributed by atoms with Crippen LogP contribution in [0.1, 0.15) is 18.1 Å². The zero-order valence-corrected chi connectivity index (χ0v) is 17.8. The number of amides is 1. The van der Waals surface area contributed by atoms with Crippen LogP contribution in [0.25, 0.3) is 0 Å². The number of carbonyl (C=O) groups is 1. The lowest BCUT2D eigenvalue weighted by molar-refractivity contribution is -0.161. The molecule has 0 aliphatic rings. The number of nitrogens with two attached hydrogens (primary N) is 1. The Morgan fingerprint density at radius 1 is 1.07 bits per heavy atom. The van der Waals surface area contributed by atoms with E-state index in [1.54, 1.807) is 11.0 Å². The van der Waals surface area contributed by atoms with Gasteiger partial charge < -0.3 is 24.8 Å². The molecule has 0 saturated heterocycles. The number of ether oxygens (including phenoxy) is 3. The zero-order chi connectivity index (χ0) is 21.9. The van der Waals surface area contributed by atoms with Crippen molar-refractivity contribution >= 4 is 5.91 Å². The second kappa shape index (κ2) is 12.4. The molecule has 0 fully saturated rings. The molecule has 2 aromatic carbocycles. The third kappa shape index (κ3) is 7.18. The topological polar surface area (TPSA) is 74.0 Å². The minimum absolute atomic E-state index is 0.0849. The Kier molecular flexibility index (Phi) is 9.89. The molecule has 0 aromatic heterocycles. The molecule has 2 N–H and O–H groups in total. The molecule has 1 amide bonds. The quantitative estimate of drug-likeness (QED) is 0.537. The Bertz CT molecular complexity index is 771. The van der Waals surface area contributed by atoms with Gasteiger partial charge in [-0.1, -0.05) is 42.5 Å². The number of rotatable bonds is 12. The monoisotopic (exact) mass is 418 g/mol. The molecule has 0 bridgehead atoms. The van der Waals surface area contributed by atoms with Gasteiger partial charge in [0.2, 0.25) is 5.91 Å². The predicted octanol–water partition coefficient (Wildman–Crippen LogP) is 2.75. The second-order valence-corrected chi connectivity index (χ2v) is 7.10. The summed E-state index contributed by atoms with van der Waals surface area (Å²) in [7, 11) is 3.03. The molecule has 7 heteroatoms. The van der Waals surface area contributed by atoms with Gasteiger partial charge in [0.1, 0.15) is 11.9 Å². The Morgan fingerprint density at radius 2 is 1.73 bits per heavy atom. The summed E-state index contributed by atoms with van der Waals surface area (Å²) in [5, 5.41) is 0. The minimum Gasteiger partial charge on any atom is -0.375 e. The first-order valence-electron chi connectivity index (χ1n) is 9.94. The maximum absolute atomic E-state index is 13.5. The van der Waals surface area contributed by atoms with Crippen LogP contribution < -0.4 is 5.73 Å². The number of hydrogen-bond acceptors (Lipinski definition) is 5. The van der Waals surface area contributed by atoms with Crippen LogP contribution in [0.5, 0.6) is 0 Å². The lowest BCUT2D eigenvalue weighted by atomic mass is 10.1. The summed E-state index contributed by atoms with van der Waals surface area (Å²) in [6.45, 7) is 2.64. The van der Waals surface area contributed by atoms with Crippen molar-refractivity contribution in [3.63, 3.8) is 0 Å². The fourth-order valence-electron chi connectivity index (χ4n) is 3.26. The molecule has 0 spiro atoms. The highest BCUT2D eigenvalue weighted by molar-refractivity contribution is 5.82. The molecule has 0 aliphatic heterocycles. The van der Waals surface area contributed by atoms with E-state index in [1.165, 1.54) is 26.4 Å². The summed E-state index contributed by atoms with van der Waals surface area (Å²) >= 11 is 0. The average molecular weight is 419 g/mol. The van der Waals surface area contributed by atoms with Gasteiger partial charge in [-0.3, -0.25) is 4.79 Å². The van der Waals surface area contributed by atoms with Crippen molar-refractivity contribution in [1.82, 2.24) is 4.90 Å². The van der Waals surface area contributed by atoms with E-state index in [-0.39, 0.29) is 24.4 Å². The van der Waals surface area contributed by atoms with E-state index in [0.29, 0.717) is 19.6 Å². The number of carbonyl (C=O) groups excluding carboxylic acids is 1. The molecule has 0 heterocycles. The van der Waals surface area contributed by atoms with Crippen LogP contribution in [0.2, 0.25) is 0 Å². The zero-order valence-electron chi connectivity index (χ0n) is 17.8. The summed E-state index contributed by atoms with van der Waals surface area (Å²) in [5.41, 5.74) is 7.94. The van der Waals surface area contributed by atoms with Crippen LogP contribution in [0.4, 0.5) is 4.39 Å². The van der Waals surface area contributed by atoms with Crippen molar-refractivity contribution < 1.29 is 23.4 Å². The third-order valence-electron chi connectivity index (χ3n) is 4.89. The molecule has 0 radical (unpaired) electrons. The summed E-state index contributed by atoms with van der Waals surface area (Å²) < 4.78 is 29.8. The van der Waals surface area contributed by atoms with Crippen LogP contribution in [-0.4, -0.2) is 56.6 Å². The van der Waals surface area contributed by atoms with Crippen molar-refractivity contribution in [3.8, 4) is 0 Å². The molecular formula is C23H31FN2O4. The normalized spacial score (nSPS) is 13.3. The Morgan fingerprint density at radius 3 is 2.37 bits per heavy atom. The van der Waals surface area contributed by atoms with E-state index in [2.05, 4.69) is 0 Å². The summed E-state index contributed by atoms with van der Waals surface area (Å²) in [5.74, 6) is -0.581. The fraction of sp³-hybridized carbons (Fsp3) is 0.435. The molecule has 164 valence electrons. The predicted molar refractivity (Wildman–Crippen MR) is 113 cm³/mol. The largest absolute Gasteiger partial charge is 0.375 e. The van der Waals surface area contributed by atoms with E-state index in [9.17, 15) is 9.18 Å². The molecule has 2 atom stereocenters. The van der Waals surface area contributed by atoms with Gasteiger partial charge in [0.25, 0.3) is 0 Å². The van der Waals surface area contributed by atoms with Gasteiger partial charge in [0.05, 0.1) is 19.3 Å². The Hall–Kier alpha value is -2.32. The number of methoxy groups -OCH3 is 2. The van der Waals surface area contributed by atoms with Crippen LogP contribution in [0.3, 0.4) is 0 Å². The second-order valence-electron chi connectivity index (χ2n) is 7.10. The molecule has 0 aliphatic carbocycles. The maximum atomic E-state index is 13.5. The highest BCUT2D eigenvalue weighted by Crippen LogP contribution is 2.13. The number of halogens is 1. The Balaban J connectivity index is 2.02. The van der Waals surface area contributed by atoms with E-state index in [1.807, 2.05) is 43.3 Å². The van der Waals surface area contributed by atoms with Gasteiger partial charge in [-0.15, -0.1) is 0 Å². The molecule has 2 rings (SSSR count). The van der Waals surface area contributed by atoms with Gasteiger partial charge in [-0.2, -0.15) is 0 Å². The summed E-state index contributed by atoms with van der Waals surface area (Å²) in [4.78, 5) is 14.7. The third-order valence-corrected chi connectivity index (χ3v) is 4.89. The van der Waals surface area contributed by atoms with Crippen molar-refractivity contribution in [2.24, 2.45) is 5.73 Å². The van der Waals surface area contributed by atoms with Gasteiger partial charge >= 0.3 is 0 Å². The van der Waals surface area contributed by atoms with Gasteiger partial charge in [0.15, 0.2) is 6.29 Å². The number of benzene rings is 2. The van der Waals surface area contributed by atoms with Crippen LogP contribution in [0.15, 0.2) is 54.6 Å². The standard InChI is InChI=1S/C23H31FN2O4/c1-17(23(28-2)29-3)26(13-12-18-10-7-11-20(24)14-18)22(27)21(25)16-30-15-19-8-5-4-6-9-19/h4-11,14,17,21,23H,12-13,15-16,25H2,1-3H3/t17-,21-/m0/s1. The molecule has 2 aromatic rings. The lowest BCUT2D eigenvalue weighted by Gasteiger charge is -2.35. The Labute approximate surface area is 177 Å². The van der Waals surface area contributed by atoms with Crippen LogP contribution in [-0.2, 0) is 32.0 Å². The van der Waals surface area contributed by atoms with Gasteiger partial charge in [0, 0.05) is 20.8 Å². The number of hydrogen-bond donors (Lipinski definition) is 1. The fourth-order valence-corrected chi connectivity index (χ4v) is 3.26. The molecule has 30 heavy (non-hydrogen) atoms. The number of nitrogens with zero attached hydrogens (tertiary/aromatic N) is 1. The van der Waals surface area contributed by atoms with E-state index < -0.39 is 12.3 Å². The van der Waals surface area contributed by atoms with Crippen molar-refractivity contribution in [2.45, 2.75) is 38.3 Å². The smallest absolute Gasteiger partial charge is 0.242 e. The van der Waals surface area contributed by atoms with Crippen molar-refractivity contribution in [1.29, 1.82) is 0 Å². The molecule has 0 saturated carbocycles. The highest BCUT2D eigenvalue weighted by atomic mass is 19.1.